The lowest BCUT2D eigenvalue weighted by atomic mass is 9.92. The fraction of sp³-hybridized carbons (Fsp3) is 0.571. The molecule has 0 aliphatic rings. The molecule has 2 nitrogen and oxygen atoms in total. The molecule has 0 radical (unpaired) electrons. The van der Waals surface area contributed by atoms with Gasteiger partial charge in [-0.15, -0.1) is 0 Å². The van der Waals surface area contributed by atoms with E-state index in [9.17, 15) is 0 Å². The first kappa shape index (κ1) is 14.5. The molecule has 0 bridgehead atoms. The fourth-order valence-corrected chi connectivity index (χ4v) is 2.52. The van der Waals surface area contributed by atoms with Crippen LogP contribution in [-0.2, 0) is 0 Å². The number of benzene rings is 1. The minimum absolute atomic E-state index is 0.330. The molecule has 3 heteroatoms. The summed E-state index contributed by atoms with van der Waals surface area (Å²) in [5.74, 6) is 1.28. The Bertz CT molecular complexity index is 339. The highest BCUT2D eigenvalue weighted by atomic mass is 79.9. The van der Waals surface area contributed by atoms with Gasteiger partial charge in [-0.3, -0.25) is 0 Å². The van der Waals surface area contributed by atoms with Crippen molar-refractivity contribution in [1.82, 2.24) is 0 Å². The van der Waals surface area contributed by atoms with Gasteiger partial charge in [-0.25, -0.2) is 0 Å². The molecule has 2 unspecified atom stereocenters. The van der Waals surface area contributed by atoms with E-state index < -0.39 is 0 Å². The van der Waals surface area contributed by atoms with Gasteiger partial charge in [0, 0.05) is 22.7 Å². The predicted molar refractivity (Wildman–Crippen MR) is 79.2 cm³/mol. The second-order valence-electron chi connectivity index (χ2n) is 5.07. The van der Waals surface area contributed by atoms with Crippen LogP contribution in [0.5, 0.6) is 0 Å². The Morgan fingerprint density at radius 3 is 2.41 bits per heavy atom. The van der Waals surface area contributed by atoms with Crippen LogP contribution in [-0.4, -0.2) is 12.6 Å². The van der Waals surface area contributed by atoms with E-state index in [0.717, 1.165) is 10.2 Å². The van der Waals surface area contributed by atoms with E-state index in [1.54, 1.807) is 0 Å². The Balaban J connectivity index is 2.66. The topological polar surface area (TPSA) is 38.0 Å². The van der Waals surface area contributed by atoms with E-state index in [-0.39, 0.29) is 0 Å². The van der Waals surface area contributed by atoms with Crippen molar-refractivity contribution in [2.75, 3.05) is 11.9 Å². The standard InChI is InChI=1S/C14H23BrN2/c1-10(2)8-11(3)14(9-16)17-13-7-5-4-6-12(13)15/h4-7,10-11,14,17H,8-9,16H2,1-3H3. The summed E-state index contributed by atoms with van der Waals surface area (Å²) in [6.45, 7) is 7.43. The van der Waals surface area contributed by atoms with Crippen LogP contribution >= 0.6 is 15.9 Å². The van der Waals surface area contributed by atoms with Gasteiger partial charge in [0.05, 0.1) is 0 Å². The molecule has 3 N–H and O–H groups in total. The molecule has 0 saturated carbocycles. The third-order valence-electron chi connectivity index (χ3n) is 3.00. The van der Waals surface area contributed by atoms with Crippen LogP contribution in [0.3, 0.4) is 0 Å². The Morgan fingerprint density at radius 1 is 1.24 bits per heavy atom. The predicted octanol–water partition coefficient (Wildman–Crippen LogP) is 3.87. The number of para-hydroxylation sites is 1. The van der Waals surface area contributed by atoms with Gasteiger partial charge in [-0.2, -0.15) is 0 Å². The number of nitrogens with one attached hydrogen (secondary N) is 1. The minimum atomic E-state index is 0.330. The van der Waals surface area contributed by atoms with Gasteiger partial charge in [-0.05, 0) is 46.3 Å². The molecule has 1 rings (SSSR count). The maximum absolute atomic E-state index is 5.87. The molecule has 2 atom stereocenters. The summed E-state index contributed by atoms with van der Waals surface area (Å²) in [5.41, 5.74) is 6.99. The average molecular weight is 299 g/mol. The highest BCUT2D eigenvalue weighted by Gasteiger charge is 2.17. The van der Waals surface area contributed by atoms with Crippen molar-refractivity contribution in [3.63, 3.8) is 0 Å². The zero-order valence-electron chi connectivity index (χ0n) is 10.9. The van der Waals surface area contributed by atoms with E-state index >= 15 is 0 Å². The van der Waals surface area contributed by atoms with Crippen molar-refractivity contribution < 1.29 is 0 Å². The van der Waals surface area contributed by atoms with Crippen LogP contribution in [0, 0.1) is 11.8 Å². The van der Waals surface area contributed by atoms with Crippen LogP contribution in [0.4, 0.5) is 5.69 Å². The molecule has 1 aromatic rings. The number of rotatable bonds is 6. The van der Waals surface area contributed by atoms with Gasteiger partial charge in [0.25, 0.3) is 0 Å². The first-order chi connectivity index (χ1) is 8.04. The van der Waals surface area contributed by atoms with Crippen molar-refractivity contribution in [2.24, 2.45) is 17.6 Å². The molecule has 17 heavy (non-hydrogen) atoms. The molecular formula is C14H23BrN2. The molecule has 0 fully saturated rings. The van der Waals surface area contributed by atoms with Gasteiger partial charge in [0.1, 0.15) is 0 Å². The summed E-state index contributed by atoms with van der Waals surface area (Å²) in [6, 6.07) is 8.51. The molecule has 0 aliphatic carbocycles. The van der Waals surface area contributed by atoms with E-state index in [2.05, 4.69) is 48.1 Å². The molecule has 0 saturated heterocycles. The number of anilines is 1. The lowest BCUT2D eigenvalue weighted by Gasteiger charge is -2.26. The Labute approximate surface area is 113 Å². The van der Waals surface area contributed by atoms with Crippen molar-refractivity contribution >= 4 is 21.6 Å². The first-order valence-electron chi connectivity index (χ1n) is 6.25. The average Bonchev–Trinajstić information content (AvgIpc) is 2.27. The lowest BCUT2D eigenvalue weighted by molar-refractivity contribution is 0.391. The maximum Gasteiger partial charge on any atom is 0.0487 e. The monoisotopic (exact) mass is 298 g/mol. The van der Waals surface area contributed by atoms with E-state index in [0.29, 0.717) is 24.4 Å². The Morgan fingerprint density at radius 2 is 1.88 bits per heavy atom. The molecule has 96 valence electrons. The Hall–Kier alpha value is -0.540. The summed E-state index contributed by atoms with van der Waals surface area (Å²) in [5, 5.41) is 3.53. The van der Waals surface area contributed by atoms with Gasteiger partial charge < -0.3 is 11.1 Å². The number of hydrogen-bond acceptors (Lipinski definition) is 2. The second-order valence-corrected chi connectivity index (χ2v) is 5.93. The van der Waals surface area contributed by atoms with Crippen molar-refractivity contribution in [3.8, 4) is 0 Å². The number of halogens is 1. The molecular weight excluding hydrogens is 276 g/mol. The summed E-state index contributed by atoms with van der Waals surface area (Å²) in [4.78, 5) is 0. The van der Waals surface area contributed by atoms with E-state index in [1.807, 2.05) is 18.2 Å². The fourth-order valence-electron chi connectivity index (χ4n) is 2.12. The third-order valence-corrected chi connectivity index (χ3v) is 3.69. The second kappa shape index (κ2) is 7.02. The largest absolute Gasteiger partial charge is 0.380 e. The third kappa shape index (κ3) is 4.68. The molecule has 0 spiro atoms. The van der Waals surface area contributed by atoms with Gasteiger partial charge >= 0.3 is 0 Å². The molecule has 1 aromatic carbocycles. The molecule has 0 aliphatic heterocycles. The zero-order valence-corrected chi connectivity index (χ0v) is 12.5. The summed E-state index contributed by atoms with van der Waals surface area (Å²) in [7, 11) is 0. The highest BCUT2D eigenvalue weighted by Crippen LogP contribution is 2.24. The first-order valence-corrected chi connectivity index (χ1v) is 7.05. The van der Waals surface area contributed by atoms with Crippen LogP contribution < -0.4 is 11.1 Å². The van der Waals surface area contributed by atoms with E-state index in [1.165, 1.54) is 6.42 Å². The summed E-state index contributed by atoms with van der Waals surface area (Å²) in [6.07, 6.45) is 1.19. The molecule has 0 heterocycles. The van der Waals surface area contributed by atoms with Crippen molar-refractivity contribution in [1.29, 1.82) is 0 Å². The van der Waals surface area contributed by atoms with Crippen LogP contribution in [0.15, 0.2) is 28.7 Å². The summed E-state index contributed by atoms with van der Waals surface area (Å²) >= 11 is 3.55. The number of nitrogens with two attached hydrogens (primary N) is 1. The SMILES string of the molecule is CC(C)CC(C)C(CN)Nc1ccccc1Br. The molecule has 0 amide bonds. The van der Waals surface area contributed by atoms with Crippen molar-refractivity contribution in [2.45, 2.75) is 33.2 Å². The maximum atomic E-state index is 5.87. The zero-order chi connectivity index (χ0) is 12.8. The smallest absolute Gasteiger partial charge is 0.0487 e. The van der Waals surface area contributed by atoms with Gasteiger partial charge in [-0.1, -0.05) is 32.9 Å². The van der Waals surface area contributed by atoms with Crippen LogP contribution in [0.2, 0.25) is 0 Å². The van der Waals surface area contributed by atoms with E-state index in [4.69, 9.17) is 5.73 Å². The lowest BCUT2D eigenvalue weighted by Crippen LogP contribution is -2.35. The normalized spacial score (nSPS) is 14.7. The summed E-state index contributed by atoms with van der Waals surface area (Å²) < 4.78 is 1.09. The number of hydrogen-bond donors (Lipinski definition) is 2. The Kier molecular flexibility index (Phi) is 6.00. The van der Waals surface area contributed by atoms with Crippen LogP contribution in [0.25, 0.3) is 0 Å². The quantitative estimate of drug-likeness (QED) is 0.837. The van der Waals surface area contributed by atoms with Crippen molar-refractivity contribution in [3.05, 3.63) is 28.7 Å². The van der Waals surface area contributed by atoms with Gasteiger partial charge in [0.2, 0.25) is 0 Å². The highest BCUT2D eigenvalue weighted by molar-refractivity contribution is 9.10. The van der Waals surface area contributed by atoms with Crippen LogP contribution in [0.1, 0.15) is 27.2 Å². The molecule has 0 aromatic heterocycles. The van der Waals surface area contributed by atoms with Gasteiger partial charge in [0.15, 0.2) is 0 Å². The minimum Gasteiger partial charge on any atom is -0.380 e.